The van der Waals surface area contributed by atoms with E-state index >= 15 is 0 Å². The zero-order chi connectivity index (χ0) is 13.5. The summed E-state index contributed by atoms with van der Waals surface area (Å²) in [6.45, 7) is 0.0535. The average molecular weight is 295 g/mol. The highest BCUT2D eigenvalue weighted by molar-refractivity contribution is 7.99. The van der Waals surface area contributed by atoms with E-state index in [0.717, 1.165) is 17.7 Å². The number of nitrogens with one attached hydrogen (secondary N) is 1. The zero-order valence-corrected chi connectivity index (χ0v) is 12.3. The van der Waals surface area contributed by atoms with Crippen molar-refractivity contribution in [3.63, 3.8) is 0 Å². The highest BCUT2D eigenvalue weighted by atomic mass is 32.2. The van der Waals surface area contributed by atoms with Gasteiger partial charge in [-0.2, -0.15) is 11.8 Å². The first-order valence-corrected chi connectivity index (χ1v) is 8.40. The fraction of sp³-hybridized carbons (Fsp3) is 0.500. The Morgan fingerprint density at radius 2 is 2.47 bits per heavy atom. The number of aliphatic hydroxyl groups excluding tert-OH is 1. The Kier molecular flexibility index (Phi) is 5.77. The van der Waals surface area contributed by atoms with Gasteiger partial charge in [0.25, 0.3) is 5.91 Å². The van der Waals surface area contributed by atoms with Crippen molar-refractivity contribution in [1.29, 1.82) is 0 Å². The van der Waals surface area contributed by atoms with Crippen LogP contribution in [0.5, 0.6) is 0 Å². The summed E-state index contributed by atoms with van der Waals surface area (Å²) in [5.41, 5.74) is 0.763. The van der Waals surface area contributed by atoms with Crippen LogP contribution in [0.3, 0.4) is 0 Å². The van der Waals surface area contributed by atoms with Crippen molar-refractivity contribution in [2.24, 2.45) is 0 Å². The van der Waals surface area contributed by atoms with Crippen LogP contribution in [0.1, 0.15) is 34.5 Å². The SMILES string of the molecule is O=C(NC1CCCSC1)c1sccc1C#CCCO. The molecule has 19 heavy (non-hydrogen) atoms. The molecule has 0 saturated carbocycles. The Balaban J connectivity index is 1.99. The lowest BCUT2D eigenvalue weighted by molar-refractivity contribution is 0.0942. The second-order valence-corrected chi connectivity index (χ2v) is 6.39. The highest BCUT2D eigenvalue weighted by Gasteiger charge is 2.19. The molecule has 1 amide bonds. The van der Waals surface area contributed by atoms with Crippen LogP contribution < -0.4 is 5.32 Å². The fourth-order valence-electron chi connectivity index (χ4n) is 1.90. The monoisotopic (exact) mass is 295 g/mol. The molecule has 2 heterocycles. The summed E-state index contributed by atoms with van der Waals surface area (Å²) in [5.74, 6) is 7.99. The number of carbonyl (C=O) groups excluding carboxylic acids is 1. The second-order valence-electron chi connectivity index (χ2n) is 4.33. The molecule has 2 N–H and O–H groups in total. The first kappa shape index (κ1) is 14.4. The molecule has 1 unspecified atom stereocenters. The summed E-state index contributed by atoms with van der Waals surface area (Å²) in [4.78, 5) is 12.9. The molecule has 0 aromatic carbocycles. The van der Waals surface area contributed by atoms with E-state index in [2.05, 4.69) is 17.2 Å². The van der Waals surface area contributed by atoms with Crippen LogP contribution >= 0.6 is 23.1 Å². The van der Waals surface area contributed by atoms with Gasteiger partial charge in [-0.1, -0.05) is 11.8 Å². The molecule has 1 atom stereocenters. The number of aliphatic hydroxyl groups is 1. The Hall–Kier alpha value is -0.960. The predicted octanol–water partition coefficient (Wildman–Crippen LogP) is 2.11. The first-order valence-electron chi connectivity index (χ1n) is 6.37. The Morgan fingerprint density at radius 3 is 3.21 bits per heavy atom. The standard InChI is InChI=1S/C14H17NO2S2/c16-7-2-1-4-11-6-9-19-13(11)14(17)15-12-5-3-8-18-10-12/h6,9,12,16H,2-3,5,7-8,10H2,(H,15,17). The second kappa shape index (κ2) is 7.59. The van der Waals surface area contributed by atoms with Crippen molar-refractivity contribution in [1.82, 2.24) is 5.32 Å². The largest absolute Gasteiger partial charge is 0.395 e. The van der Waals surface area contributed by atoms with Crippen LogP contribution in [-0.4, -0.2) is 35.2 Å². The Morgan fingerprint density at radius 1 is 1.58 bits per heavy atom. The van der Waals surface area contributed by atoms with Crippen LogP contribution in [0.4, 0.5) is 0 Å². The van der Waals surface area contributed by atoms with Gasteiger partial charge in [0.2, 0.25) is 0 Å². The third-order valence-corrected chi connectivity index (χ3v) is 4.96. The van der Waals surface area contributed by atoms with E-state index in [4.69, 9.17) is 5.11 Å². The van der Waals surface area contributed by atoms with Gasteiger partial charge in [0.15, 0.2) is 0 Å². The van der Waals surface area contributed by atoms with Crippen LogP contribution in [-0.2, 0) is 0 Å². The van der Waals surface area contributed by atoms with E-state index in [0.29, 0.717) is 11.3 Å². The number of rotatable bonds is 3. The molecule has 2 rings (SSSR count). The lowest BCUT2D eigenvalue weighted by Gasteiger charge is -2.22. The molecule has 3 nitrogen and oxygen atoms in total. The van der Waals surface area contributed by atoms with Crippen LogP contribution in [0.2, 0.25) is 0 Å². The molecule has 0 bridgehead atoms. The van der Waals surface area contributed by atoms with Gasteiger partial charge in [-0.05, 0) is 30.0 Å². The van der Waals surface area contributed by atoms with E-state index in [1.165, 1.54) is 23.5 Å². The summed E-state index contributed by atoms with van der Waals surface area (Å²) >= 11 is 3.32. The molecule has 0 radical (unpaired) electrons. The summed E-state index contributed by atoms with van der Waals surface area (Å²) in [6, 6.07) is 2.14. The summed E-state index contributed by atoms with van der Waals surface area (Å²) in [7, 11) is 0. The topological polar surface area (TPSA) is 49.3 Å². The van der Waals surface area contributed by atoms with E-state index in [1.807, 2.05) is 23.2 Å². The molecule has 102 valence electrons. The van der Waals surface area contributed by atoms with Gasteiger partial charge in [-0.15, -0.1) is 11.3 Å². The molecular formula is C14H17NO2S2. The molecule has 1 aromatic heterocycles. The quantitative estimate of drug-likeness (QED) is 0.840. The van der Waals surface area contributed by atoms with Gasteiger partial charge in [0.05, 0.1) is 6.61 Å². The van der Waals surface area contributed by atoms with Crippen molar-refractivity contribution in [2.75, 3.05) is 18.1 Å². The minimum atomic E-state index is -0.0178. The molecule has 1 fully saturated rings. The molecule has 0 aliphatic carbocycles. The average Bonchev–Trinajstić information content (AvgIpc) is 2.89. The maximum Gasteiger partial charge on any atom is 0.262 e. The normalized spacial score (nSPS) is 18.5. The fourth-order valence-corrected chi connectivity index (χ4v) is 3.73. The van der Waals surface area contributed by atoms with Gasteiger partial charge in [-0.25, -0.2) is 0 Å². The van der Waals surface area contributed by atoms with Crippen LogP contribution in [0.25, 0.3) is 0 Å². The third-order valence-electron chi connectivity index (χ3n) is 2.83. The van der Waals surface area contributed by atoms with E-state index in [1.54, 1.807) is 0 Å². The summed E-state index contributed by atoms with van der Waals surface area (Å²) in [5, 5.41) is 13.7. The van der Waals surface area contributed by atoms with Crippen LogP contribution in [0.15, 0.2) is 11.4 Å². The van der Waals surface area contributed by atoms with E-state index in [9.17, 15) is 4.79 Å². The minimum absolute atomic E-state index is 0.0178. The van der Waals surface area contributed by atoms with Gasteiger partial charge < -0.3 is 10.4 Å². The number of thiophene rings is 1. The molecule has 5 heteroatoms. The van der Waals surface area contributed by atoms with Crippen molar-refractivity contribution in [3.05, 3.63) is 21.9 Å². The number of thioether (sulfide) groups is 1. The zero-order valence-electron chi connectivity index (χ0n) is 10.6. The lowest BCUT2D eigenvalue weighted by atomic mass is 10.1. The maximum absolute atomic E-state index is 12.2. The molecule has 1 aliphatic heterocycles. The van der Waals surface area contributed by atoms with Crippen molar-refractivity contribution < 1.29 is 9.90 Å². The van der Waals surface area contributed by atoms with Crippen molar-refractivity contribution in [2.45, 2.75) is 25.3 Å². The van der Waals surface area contributed by atoms with Crippen LogP contribution in [0, 0.1) is 11.8 Å². The van der Waals surface area contributed by atoms with Gasteiger partial charge in [0, 0.05) is 23.8 Å². The number of amides is 1. The van der Waals surface area contributed by atoms with E-state index in [-0.39, 0.29) is 18.6 Å². The maximum atomic E-state index is 12.2. The third kappa shape index (κ3) is 4.27. The summed E-state index contributed by atoms with van der Waals surface area (Å²) < 4.78 is 0. The van der Waals surface area contributed by atoms with Crippen molar-refractivity contribution in [3.8, 4) is 11.8 Å². The number of hydrogen-bond acceptors (Lipinski definition) is 4. The first-order chi connectivity index (χ1) is 9.31. The van der Waals surface area contributed by atoms with Crippen molar-refractivity contribution >= 4 is 29.0 Å². The Labute approximate surface area is 121 Å². The van der Waals surface area contributed by atoms with Gasteiger partial charge in [-0.3, -0.25) is 4.79 Å². The summed E-state index contributed by atoms with van der Waals surface area (Å²) in [6.07, 6.45) is 2.68. The molecule has 0 spiro atoms. The minimum Gasteiger partial charge on any atom is -0.395 e. The number of carbonyl (C=O) groups is 1. The smallest absolute Gasteiger partial charge is 0.262 e. The number of hydrogen-bond donors (Lipinski definition) is 2. The lowest BCUT2D eigenvalue weighted by Crippen LogP contribution is -2.38. The van der Waals surface area contributed by atoms with Gasteiger partial charge >= 0.3 is 0 Å². The van der Waals surface area contributed by atoms with Gasteiger partial charge in [0.1, 0.15) is 4.88 Å². The Bertz CT molecular complexity index is 481. The molecule has 1 aromatic rings. The molecular weight excluding hydrogens is 278 g/mol. The molecule has 1 aliphatic rings. The molecule has 1 saturated heterocycles. The highest BCUT2D eigenvalue weighted by Crippen LogP contribution is 2.19. The predicted molar refractivity (Wildman–Crippen MR) is 80.7 cm³/mol. The van der Waals surface area contributed by atoms with E-state index < -0.39 is 0 Å².